The molecular formula is C12H15N2O2S+. The monoisotopic (exact) mass is 251 g/mol. The summed E-state index contributed by atoms with van der Waals surface area (Å²) in [4.78, 5) is 23.1. The molecule has 1 aliphatic heterocycles. The van der Waals surface area contributed by atoms with E-state index in [0.717, 1.165) is 17.7 Å². The Hall–Kier alpha value is -1.36. The average molecular weight is 251 g/mol. The zero-order valence-electron chi connectivity index (χ0n) is 9.68. The third kappa shape index (κ3) is 3.30. The third-order valence-electron chi connectivity index (χ3n) is 2.65. The van der Waals surface area contributed by atoms with Crippen LogP contribution in [-0.2, 0) is 16.1 Å². The van der Waals surface area contributed by atoms with Crippen LogP contribution in [0, 0.1) is 6.92 Å². The van der Waals surface area contributed by atoms with Gasteiger partial charge in [0.15, 0.2) is 12.4 Å². The molecule has 2 rings (SSSR count). The Bertz CT molecular complexity index is 431. The number of carbonyl (C=O) groups excluding carboxylic acids is 2. The Balaban J connectivity index is 1.88. The first-order valence-electron chi connectivity index (χ1n) is 5.57. The van der Waals surface area contributed by atoms with Gasteiger partial charge in [-0.1, -0.05) is 11.8 Å². The van der Waals surface area contributed by atoms with Gasteiger partial charge in [0.05, 0.1) is 6.04 Å². The molecule has 1 atom stereocenters. The summed E-state index contributed by atoms with van der Waals surface area (Å²) in [6.07, 6.45) is 4.47. The standard InChI is InChI=1S/C12H14N2O2S/c1-9-2-5-14(6-3-9)8-11(15)13-10-4-7-17-12(10)16/h2-3,5-6,10H,4,7-8H2,1H3/p+1. The van der Waals surface area contributed by atoms with E-state index in [1.165, 1.54) is 11.8 Å². The van der Waals surface area contributed by atoms with Crippen molar-refractivity contribution in [3.63, 3.8) is 0 Å². The molecule has 1 aromatic rings. The lowest BCUT2D eigenvalue weighted by Crippen LogP contribution is -2.46. The van der Waals surface area contributed by atoms with Gasteiger partial charge >= 0.3 is 0 Å². The van der Waals surface area contributed by atoms with Gasteiger partial charge in [0.1, 0.15) is 0 Å². The van der Waals surface area contributed by atoms with Crippen LogP contribution >= 0.6 is 11.8 Å². The van der Waals surface area contributed by atoms with Gasteiger partial charge in [-0.2, -0.15) is 4.57 Å². The fourth-order valence-electron chi connectivity index (χ4n) is 1.67. The molecule has 17 heavy (non-hydrogen) atoms. The van der Waals surface area contributed by atoms with E-state index in [1.54, 1.807) is 4.57 Å². The summed E-state index contributed by atoms with van der Waals surface area (Å²) >= 11 is 1.30. The van der Waals surface area contributed by atoms with Crippen LogP contribution in [0.15, 0.2) is 24.5 Å². The van der Waals surface area contributed by atoms with E-state index in [1.807, 2.05) is 31.5 Å². The highest BCUT2D eigenvalue weighted by Gasteiger charge is 2.27. The molecule has 0 aliphatic carbocycles. The lowest BCUT2D eigenvalue weighted by atomic mass is 10.2. The van der Waals surface area contributed by atoms with Crippen LogP contribution in [0.1, 0.15) is 12.0 Å². The molecule has 1 saturated heterocycles. The van der Waals surface area contributed by atoms with Crippen molar-refractivity contribution in [1.82, 2.24) is 5.32 Å². The van der Waals surface area contributed by atoms with Gasteiger partial charge in [0.25, 0.3) is 5.91 Å². The molecule has 1 fully saturated rings. The molecule has 1 aromatic heterocycles. The molecule has 90 valence electrons. The van der Waals surface area contributed by atoms with Crippen molar-refractivity contribution in [1.29, 1.82) is 0 Å². The largest absolute Gasteiger partial charge is 0.340 e. The van der Waals surface area contributed by atoms with Crippen LogP contribution in [0.25, 0.3) is 0 Å². The van der Waals surface area contributed by atoms with Gasteiger partial charge in [-0.05, 0) is 18.9 Å². The predicted octanol–water partition coefficient (Wildman–Crippen LogP) is 0.431. The van der Waals surface area contributed by atoms with E-state index >= 15 is 0 Å². The SMILES string of the molecule is Cc1cc[n+](CC(=O)NC2CCSC2=O)cc1. The number of nitrogens with one attached hydrogen (secondary N) is 1. The highest BCUT2D eigenvalue weighted by atomic mass is 32.2. The summed E-state index contributed by atoms with van der Waals surface area (Å²) in [5, 5.41) is 2.84. The fraction of sp³-hybridized carbons (Fsp3) is 0.417. The maximum Gasteiger partial charge on any atom is 0.286 e. The summed E-state index contributed by atoms with van der Waals surface area (Å²) < 4.78 is 1.80. The maximum atomic E-state index is 11.7. The quantitative estimate of drug-likeness (QED) is 0.793. The van der Waals surface area contributed by atoms with Gasteiger partial charge in [0.2, 0.25) is 11.7 Å². The second-order valence-electron chi connectivity index (χ2n) is 4.12. The van der Waals surface area contributed by atoms with E-state index in [9.17, 15) is 9.59 Å². The number of nitrogens with zero attached hydrogens (tertiary/aromatic N) is 1. The van der Waals surface area contributed by atoms with Gasteiger partial charge in [-0.3, -0.25) is 9.59 Å². The van der Waals surface area contributed by atoms with Crippen LogP contribution in [0.5, 0.6) is 0 Å². The minimum atomic E-state index is -0.293. The zero-order valence-corrected chi connectivity index (χ0v) is 10.5. The number of rotatable bonds is 3. The van der Waals surface area contributed by atoms with Crippen molar-refractivity contribution >= 4 is 22.8 Å². The molecule has 0 aromatic carbocycles. The van der Waals surface area contributed by atoms with Crippen molar-refractivity contribution in [2.45, 2.75) is 25.9 Å². The number of aromatic nitrogens is 1. The van der Waals surface area contributed by atoms with E-state index in [-0.39, 0.29) is 23.6 Å². The third-order valence-corrected chi connectivity index (χ3v) is 3.66. The molecule has 0 radical (unpaired) electrons. The second kappa shape index (κ2) is 5.31. The lowest BCUT2D eigenvalue weighted by Gasteiger charge is -2.07. The number of aryl methyl sites for hydroxylation is 1. The van der Waals surface area contributed by atoms with Crippen molar-refractivity contribution in [3.8, 4) is 0 Å². The smallest absolute Gasteiger partial charge is 0.286 e. The first-order chi connectivity index (χ1) is 8.15. The molecule has 2 heterocycles. The molecule has 1 unspecified atom stereocenters. The van der Waals surface area contributed by atoms with Gasteiger partial charge in [-0.25, -0.2) is 0 Å². The van der Waals surface area contributed by atoms with Crippen molar-refractivity contribution in [2.24, 2.45) is 0 Å². The molecular weight excluding hydrogens is 236 g/mol. The molecule has 0 bridgehead atoms. The minimum absolute atomic E-state index is 0.0762. The van der Waals surface area contributed by atoms with Crippen molar-refractivity contribution in [2.75, 3.05) is 5.75 Å². The number of hydrogen-bond acceptors (Lipinski definition) is 3. The van der Waals surface area contributed by atoms with Crippen molar-refractivity contribution in [3.05, 3.63) is 30.1 Å². The summed E-state index contributed by atoms with van der Waals surface area (Å²) in [7, 11) is 0. The van der Waals surface area contributed by atoms with Crippen LogP contribution in [-0.4, -0.2) is 22.8 Å². The molecule has 5 heteroatoms. The highest BCUT2D eigenvalue weighted by molar-refractivity contribution is 8.14. The number of amides is 1. The topological polar surface area (TPSA) is 50.0 Å². The molecule has 1 N–H and O–H groups in total. The Morgan fingerprint density at radius 2 is 2.24 bits per heavy atom. The van der Waals surface area contributed by atoms with Gasteiger partial charge in [0, 0.05) is 17.9 Å². The first-order valence-corrected chi connectivity index (χ1v) is 6.55. The summed E-state index contributed by atoms with van der Waals surface area (Å²) in [5.41, 5.74) is 1.16. The summed E-state index contributed by atoms with van der Waals surface area (Å²) in [6.45, 7) is 2.26. The molecule has 0 spiro atoms. The Morgan fingerprint density at radius 3 is 2.82 bits per heavy atom. The Labute approximate surface area is 104 Å². The summed E-state index contributed by atoms with van der Waals surface area (Å²) in [5.74, 6) is 0.696. The number of carbonyl (C=O) groups is 2. The Kier molecular flexibility index (Phi) is 3.78. The van der Waals surface area contributed by atoms with E-state index in [2.05, 4.69) is 5.32 Å². The average Bonchev–Trinajstić information content (AvgIpc) is 2.68. The lowest BCUT2D eigenvalue weighted by molar-refractivity contribution is -0.684. The van der Waals surface area contributed by atoms with E-state index in [0.29, 0.717) is 0 Å². The first kappa shape index (κ1) is 12.1. The van der Waals surface area contributed by atoms with E-state index in [4.69, 9.17) is 0 Å². The molecule has 0 saturated carbocycles. The zero-order chi connectivity index (χ0) is 12.3. The van der Waals surface area contributed by atoms with Gasteiger partial charge in [-0.15, -0.1) is 0 Å². The van der Waals surface area contributed by atoms with Gasteiger partial charge < -0.3 is 5.32 Å². The fourth-order valence-corrected chi connectivity index (χ4v) is 2.60. The normalized spacial score (nSPS) is 19.4. The van der Waals surface area contributed by atoms with Crippen LogP contribution < -0.4 is 9.88 Å². The second-order valence-corrected chi connectivity index (χ2v) is 5.22. The van der Waals surface area contributed by atoms with E-state index < -0.39 is 0 Å². The molecule has 1 amide bonds. The molecule has 1 aliphatic rings. The highest BCUT2D eigenvalue weighted by Crippen LogP contribution is 2.19. The van der Waals surface area contributed by atoms with Crippen molar-refractivity contribution < 1.29 is 14.2 Å². The molecule has 4 nitrogen and oxygen atoms in total. The Morgan fingerprint density at radius 1 is 1.53 bits per heavy atom. The van der Waals surface area contributed by atoms with Crippen LogP contribution in [0.2, 0.25) is 0 Å². The predicted molar refractivity (Wildman–Crippen MR) is 65.4 cm³/mol. The maximum absolute atomic E-state index is 11.7. The number of thioether (sulfide) groups is 1. The van der Waals surface area contributed by atoms with Crippen LogP contribution in [0.3, 0.4) is 0 Å². The number of hydrogen-bond donors (Lipinski definition) is 1. The minimum Gasteiger partial charge on any atom is -0.340 e. The van der Waals surface area contributed by atoms with Crippen LogP contribution in [0.4, 0.5) is 0 Å². The number of pyridine rings is 1. The summed E-state index contributed by atoms with van der Waals surface area (Å²) in [6, 6.07) is 3.60.